The number of fused-ring (bicyclic) bond motifs is 1. The molecule has 5 amide bonds. The van der Waals surface area contributed by atoms with Crippen molar-refractivity contribution in [1.82, 2.24) is 15.5 Å². The summed E-state index contributed by atoms with van der Waals surface area (Å²) in [4.78, 5) is 64.0. The van der Waals surface area contributed by atoms with Gasteiger partial charge < -0.3 is 10.2 Å². The minimum absolute atomic E-state index is 0.00845. The van der Waals surface area contributed by atoms with E-state index in [2.05, 4.69) is 10.6 Å². The zero-order valence-corrected chi connectivity index (χ0v) is 15.9. The van der Waals surface area contributed by atoms with Gasteiger partial charge in [0, 0.05) is 19.5 Å². The van der Waals surface area contributed by atoms with Crippen LogP contribution in [-0.4, -0.2) is 60.1 Å². The first-order valence-electron chi connectivity index (χ1n) is 9.05. The number of hydrogen-bond acceptors (Lipinski definition) is 6. The van der Waals surface area contributed by atoms with Crippen LogP contribution < -0.4 is 15.5 Å². The third-order valence-electron chi connectivity index (χ3n) is 4.69. The number of hydrogen-bond donors (Lipinski definition) is 2. The molecular weight excluding hydrogens is 364 g/mol. The van der Waals surface area contributed by atoms with Crippen LogP contribution in [0.25, 0.3) is 0 Å². The molecule has 1 fully saturated rings. The van der Waals surface area contributed by atoms with Crippen molar-refractivity contribution in [2.24, 2.45) is 0 Å². The van der Waals surface area contributed by atoms with Crippen LogP contribution in [0.1, 0.15) is 47.4 Å². The van der Waals surface area contributed by atoms with Crippen molar-refractivity contribution in [1.29, 1.82) is 0 Å². The maximum absolute atomic E-state index is 13.0. The summed E-state index contributed by atoms with van der Waals surface area (Å²) in [7, 11) is 1.65. The monoisotopic (exact) mass is 386 g/mol. The molecule has 1 aromatic rings. The maximum atomic E-state index is 13.0. The van der Waals surface area contributed by atoms with Crippen LogP contribution in [0.3, 0.4) is 0 Å². The van der Waals surface area contributed by atoms with Crippen LogP contribution in [0.15, 0.2) is 18.2 Å². The molecule has 1 aromatic carbocycles. The molecule has 0 radical (unpaired) electrons. The van der Waals surface area contributed by atoms with Gasteiger partial charge in [-0.05, 0) is 32.4 Å². The number of nitrogens with zero attached hydrogens (tertiary/aromatic N) is 2. The van der Waals surface area contributed by atoms with Crippen LogP contribution in [-0.2, 0) is 14.4 Å². The van der Waals surface area contributed by atoms with E-state index in [9.17, 15) is 24.0 Å². The van der Waals surface area contributed by atoms with E-state index in [1.165, 1.54) is 6.07 Å². The predicted molar refractivity (Wildman–Crippen MR) is 99.7 cm³/mol. The normalized spacial score (nSPS) is 19.0. The Labute approximate surface area is 162 Å². The van der Waals surface area contributed by atoms with Gasteiger partial charge in [-0.15, -0.1) is 0 Å². The molecule has 0 aliphatic carbocycles. The van der Waals surface area contributed by atoms with Crippen LogP contribution in [0.4, 0.5) is 5.69 Å². The third-order valence-corrected chi connectivity index (χ3v) is 4.69. The van der Waals surface area contributed by atoms with Gasteiger partial charge in [0.2, 0.25) is 17.7 Å². The van der Waals surface area contributed by atoms with Gasteiger partial charge in [0.1, 0.15) is 6.04 Å². The largest absolute Gasteiger partial charge is 0.365 e. The van der Waals surface area contributed by atoms with Crippen LogP contribution in [0.5, 0.6) is 0 Å². The Balaban J connectivity index is 1.89. The van der Waals surface area contributed by atoms with Gasteiger partial charge in [0.05, 0.1) is 23.4 Å². The fourth-order valence-electron chi connectivity index (χ4n) is 3.48. The second-order valence-electron chi connectivity index (χ2n) is 7.23. The molecule has 1 saturated heterocycles. The molecule has 1 unspecified atom stereocenters. The number of piperidine rings is 1. The Morgan fingerprint density at radius 1 is 1.25 bits per heavy atom. The van der Waals surface area contributed by atoms with Gasteiger partial charge in [-0.25, -0.2) is 0 Å². The molecule has 9 heteroatoms. The molecular formula is C19H22N4O5. The lowest BCUT2D eigenvalue weighted by Crippen LogP contribution is -2.54. The number of amides is 5. The van der Waals surface area contributed by atoms with E-state index in [-0.39, 0.29) is 42.5 Å². The van der Waals surface area contributed by atoms with Gasteiger partial charge >= 0.3 is 0 Å². The molecule has 0 bridgehead atoms. The SMILES string of the molecule is CC(C)NC(=O)CN(C)c1cccc2c1C(=O)N(C1CCC(=O)NC1=O)C2=O. The number of imide groups is 2. The molecule has 9 nitrogen and oxygen atoms in total. The van der Waals surface area contributed by atoms with E-state index in [0.717, 1.165) is 4.90 Å². The second kappa shape index (κ2) is 7.41. The van der Waals surface area contributed by atoms with Crippen LogP contribution in [0, 0.1) is 0 Å². The van der Waals surface area contributed by atoms with E-state index in [1.54, 1.807) is 24.1 Å². The first kappa shape index (κ1) is 19.5. The quantitative estimate of drug-likeness (QED) is 0.691. The fourth-order valence-corrected chi connectivity index (χ4v) is 3.48. The number of nitrogens with one attached hydrogen (secondary N) is 2. The summed E-state index contributed by atoms with van der Waals surface area (Å²) in [5, 5.41) is 4.94. The summed E-state index contributed by atoms with van der Waals surface area (Å²) < 4.78 is 0. The van der Waals surface area contributed by atoms with E-state index in [1.807, 2.05) is 13.8 Å². The molecule has 2 heterocycles. The minimum atomic E-state index is -1.02. The van der Waals surface area contributed by atoms with Crippen molar-refractivity contribution in [3.8, 4) is 0 Å². The fraction of sp³-hybridized carbons (Fsp3) is 0.421. The van der Waals surface area contributed by atoms with E-state index >= 15 is 0 Å². The molecule has 2 aliphatic heterocycles. The lowest BCUT2D eigenvalue weighted by Gasteiger charge is -2.28. The number of likely N-dealkylation sites (N-methyl/N-ethyl adjacent to an activating group) is 1. The lowest BCUT2D eigenvalue weighted by molar-refractivity contribution is -0.136. The zero-order chi connectivity index (χ0) is 20.6. The summed E-state index contributed by atoms with van der Waals surface area (Å²) >= 11 is 0. The summed E-state index contributed by atoms with van der Waals surface area (Å²) in [5.74, 6) is -2.46. The summed E-state index contributed by atoms with van der Waals surface area (Å²) in [6.07, 6.45) is 0.157. The van der Waals surface area contributed by atoms with Gasteiger partial charge in [-0.3, -0.25) is 34.2 Å². The van der Waals surface area contributed by atoms with Crippen molar-refractivity contribution in [3.63, 3.8) is 0 Å². The first-order valence-corrected chi connectivity index (χ1v) is 9.05. The highest BCUT2D eigenvalue weighted by molar-refractivity contribution is 6.25. The molecule has 0 aromatic heterocycles. The van der Waals surface area contributed by atoms with Crippen molar-refractivity contribution < 1.29 is 24.0 Å². The second-order valence-corrected chi connectivity index (χ2v) is 7.23. The molecule has 0 spiro atoms. The van der Waals surface area contributed by atoms with Gasteiger partial charge in [0.15, 0.2) is 0 Å². The van der Waals surface area contributed by atoms with Gasteiger partial charge in [0.25, 0.3) is 11.8 Å². The molecule has 2 aliphatic rings. The maximum Gasteiger partial charge on any atom is 0.264 e. The highest BCUT2D eigenvalue weighted by atomic mass is 16.2. The average Bonchev–Trinajstić information content (AvgIpc) is 2.86. The van der Waals surface area contributed by atoms with Crippen LogP contribution in [0.2, 0.25) is 0 Å². The van der Waals surface area contributed by atoms with Crippen molar-refractivity contribution in [2.45, 2.75) is 38.8 Å². The lowest BCUT2D eigenvalue weighted by atomic mass is 10.0. The van der Waals surface area contributed by atoms with E-state index < -0.39 is 29.7 Å². The Morgan fingerprint density at radius 3 is 2.61 bits per heavy atom. The van der Waals surface area contributed by atoms with Crippen molar-refractivity contribution >= 4 is 35.2 Å². The van der Waals surface area contributed by atoms with E-state index in [4.69, 9.17) is 0 Å². The van der Waals surface area contributed by atoms with Crippen LogP contribution >= 0.6 is 0 Å². The number of benzene rings is 1. The summed E-state index contributed by atoms with van der Waals surface area (Å²) in [5.41, 5.74) is 0.782. The number of carbonyl (C=O) groups excluding carboxylic acids is 5. The van der Waals surface area contributed by atoms with Crippen molar-refractivity contribution in [3.05, 3.63) is 29.3 Å². The van der Waals surface area contributed by atoms with E-state index in [0.29, 0.717) is 5.69 Å². The smallest absolute Gasteiger partial charge is 0.264 e. The molecule has 148 valence electrons. The molecule has 28 heavy (non-hydrogen) atoms. The third kappa shape index (κ3) is 3.47. The summed E-state index contributed by atoms with van der Waals surface area (Å²) in [6.45, 7) is 3.70. The standard InChI is InChI=1S/C19H22N4O5/c1-10(2)20-15(25)9-22(3)12-6-4-5-11-16(12)19(28)23(18(11)27)13-7-8-14(24)21-17(13)26/h4-6,10,13H,7-9H2,1-3H3,(H,20,25)(H,21,24,26). The first-order chi connectivity index (χ1) is 13.2. The highest BCUT2D eigenvalue weighted by Crippen LogP contribution is 2.33. The molecule has 2 N–H and O–H groups in total. The number of rotatable bonds is 5. The van der Waals surface area contributed by atoms with Gasteiger partial charge in [-0.1, -0.05) is 6.07 Å². The molecule has 0 saturated carbocycles. The predicted octanol–water partition coefficient (Wildman–Crippen LogP) is 0.0486. The highest BCUT2D eigenvalue weighted by Gasteiger charge is 2.45. The summed E-state index contributed by atoms with van der Waals surface area (Å²) in [6, 6.07) is 3.76. The number of carbonyl (C=O) groups is 5. The molecule has 3 rings (SSSR count). The number of anilines is 1. The Morgan fingerprint density at radius 2 is 1.96 bits per heavy atom. The Kier molecular flexibility index (Phi) is 5.17. The Hall–Kier alpha value is -3.23. The topological polar surface area (TPSA) is 116 Å². The zero-order valence-electron chi connectivity index (χ0n) is 15.9. The average molecular weight is 386 g/mol. The van der Waals surface area contributed by atoms with Crippen molar-refractivity contribution in [2.75, 3.05) is 18.5 Å². The molecule has 1 atom stereocenters. The van der Waals surface area contributed by atoms with Gasteiger partial charge in [-0.2, -0.15) is 0 Å². The minimum Gasteiger partial charge on any atom is -0.365 e. The Bertz CT molecular complexity index is 879.